The van der Waals surface area contributed by atoms with Gasteiger partial charge in [0, 0.05) is 22.3 Å². The molecule has 200 valence electrons. The number of nitrogens with zero attached hydrogens (tertiary/aromatic N) is 3. The van der Waals surface area contributed by atoms with Gasteiger partial charge in [0.05, 0.1) is 16.9 Å². The number of hydrogen-bond acceptors (Lipinski definition) is 5. The van der Waals surface area contributed by atoms with E-state index in [1.165, 1.54) is 0 Å². The minimum Gasteiger partial charge on any atom is -0.489 e. The van der Waals surface area contributed by atoms with Crippen LogP contribution in [0.5, 0.6) is 11.5 Å². The largest absolute Gasteiger partial charge is 0.489 e. The molecule has 0 aliphatic heterocycles. The zero-order valence-electron chi connectivity index (χ0n) is 21.2. The summed E-state index contributed by atoms with van der Waals surface area (Å²) in [6.45, 7) is 0.216. The molecule has 5 aromatic rings. The van der Waals surface area contributed by atoms with Gasteiger partial charge in [-0.25, -0.2) is 10.1 Å². The zero-order chi connectivity index (χ0) is 27.7. The van der Waals surface area contributed by atoms with Gasteiger partial charge in [0.2, 0.25) is 0 Å². The molecule has 0 saturated heterocycles. The summed E-state index contributed by atoms with van der Waals surface area (Å²) in [6.07, 6.45) is 3.40. The van der Waals surface area contributed by atoms with Crippen LogP contribution in [0.4, 0.5) is 0 Å². The molecule has 0 bridgehead atoms. The summed E-state index contributed by atoms with van der Waals surface area (Å²) in [6, 6.07) is 32.2. The number of nitrogens with one attached hydrogen (secondary N) is 1. The lowest BCUT2D eigenvalue weighted by molar-refractivity contribution is -0.123. The molecule has 0 spiro atoms. The summed E-state index contributed by atoms with van der Waals surface area (Å²) in [5, 5.41) is 9.71. The van der Waals surface area contributed by atoms with Crippen molar-refractivity contribution in [3.8, 4) is 28.4 Å². The van der Waals surface area contributed by atoms with Gasteiger partial charge in [-0.3, -0.25) is 4.79 Å². The van der Waals surface area contributed by atoms with Crippen molar-refractivity contribution in [3.05, 3.63) is 130 Å². The molecular weight excluding hydrogens is 547 g/mol. The number of ether oxygens (including phenoxy) is 2. The van der Waals surface area contributed by atoms with Gasteiger partial charge < -0.3 is 9.47 Å². The van der Waals surface area contributed by atoms with Gasteiger partial charge in [0.15, 0.2) is 6.61 Å². The Morgan fingerprint density at radius 1 is 0.900 bits per heavy atom. The highest BCUT2D eigenvalue weighted by Crippen LogP contribution is 2.28. The van der Waals surface area contributed by atoms with Crippen LogP contribution in [0, 0.1) is 0 Å². The topological polar surface area (TPSA) is 77.7 Å². The number of aromatic nitrogens is 2. The summed E-state index contributed by atoms with van der Waals surface area (Å²) in [5.74, 6) is 0.658. The number of halogens is 2. The van der Waals surface area contributed by atoms with Crippen molar-refractivity contribution < 1.29 is 14.3 Å². The molecule has 1 heterocycles. The first-order valence-electron chi connectivity index (χ1n) is 12.4. The number of carbonyl (C=O) groups excluding carboxylic acids is 1. The fourth-order valence-corrected chi connectivity index (χ4v) is 4.27. The average Bonchev–Trinajstić information content (AvgIpc) is 3.41. The van der Waals surface area contributed by atoms with Crippen molar-refractivity contribution >= 4 is 35.3 Å². The van der Waals surface area contributed by atoms with Crippen molar-refractivity contribution in [3.63, 3.8) is 0 Å². The number of benzene rings is 4. The Hall–Kier alpha value is -4.59. The first-order chi connectivity index (χ1) is 19.5. The van der Waals surface area contributed by atoms with E-state index in [0.29, 0.717) is 33.7 Å². The minimum absolute atomic E-state index is 0.265. The van der Waals surface area contributed by atoms with E-state index in [2.05, 4.69) is 10.5 Å². The molecule has 1 amide bonds. The van der Waals surface area contributed by atoms with E-state index < -0.39 is 5.91 Å². The lowest BCUT2D eigenvalue weighted by atomic mass is 10.1. The van der Waals surface area contributed by atoms with Crippen LogP contribution in [-0.4, -0.2) is 28.5 Å². The molecule has 1 aromatic heterocycles. The average molecular weight is 571 g/mol. The van der Waals surface area contributed by atoms with E-state index in [1.54, 1.807) is 29.1 Å². The van der Waals surface area contributed by atoms with Crippen LogP contribution in [0.15, 0.2) is 114 Å². The van der Waals surface area contributed by atoms with Crippen molar-refractivity contribution in [2.24, 2.45) is 5.10 Å². The molecule has 5 rings (SSSR count). The molecule has 1 N–H and O–H groups in total. The Kier molecular flexibility index (Phi) is 8.76. The van der Waals surface area contributed by atoms with E-state index in [4.69, 9.17) is 37.8 Å². The molecular formula is C31H24Cl2N4O3. The Balaban J connectivity index is 1.29. The van der Waals surface area contributed by atoms with Gasteiger partial charge in [-0.1, -0.05) is 71.7 Å². The van der Waals surface area contributed by atoms with Gasteiger partial charge in [0.25, 0.3) is 5.91 Å². The number of hydrogen-bond donors (Lipinski definition) is 1. The maximum absolute atomic E-state index is 12.3. The Morgan fingerprint density at radius 2 is 1.62 bits per heavy atom. The molecule has 0 saturated carbocycles. The number of para-hydroxylation sites is 1. The molecule has 4 aromatic carbocycles. The molecule has 0 atom stereocenters. The number of carbonyl (C=O) groups is 1. The smallest absolute Gasteiger partial charge is 0.277 e. The van der Waals surface area contributed by atoms with Crippen LogP contribution in [-0.2, 0) is 11.4 Å². The third-order valence-electron chi connectivity index (χ3n) is 5.78. The lowest BCUT2D eigenvalue weighted by Crippen LogP contribution is -2.24. The summed E-state index contributed by atoms with van der Waals surface area (Å²) in [7, 11) is 0. The van der Waals surface area contributed by atoms with Gasteiger partial charge in [-0.2, -0.15) is 10.2 Å². The van der Waals surface area contributed by atoms with Crippen LogP contribution in [0.1, 0.15) is 11.1 Å². The van der Waals surface area contributed by atoms with E-state index in [-0.39, 0.29) is 6.61 Å². The van der Waals surface area contributed by atoms with Gasteiger partial charge in [-0.05, 0) is 60.2 Å². The molecule has 0 radical (unpaired) electrons. The summed E-state index contributed by atoms with van der Waals surface area (Å²) in [4.78, 5) is 12.3. The zero-order valence-corrected chi connectivity index (χ0v) is 22.7. The van der Waals surface area contributed by atoms with Crippen LogP contribution in [0.2, 0.25) is 10.0 Å². The summed E-state index contributed by atoms with van der Waals surface area (Å²) < 4.78 is 13.2. The van der Waals surface area contributed by atoms with Crippen molar-refractivity contribution in [1.82, 2.24) is 15.2 Å². The maximum atomic E-state index is 12.3. The van der Waals surface area contributed by atoms with Crippen molar-refractivity contribution in [2.45, 2.75) is 6.61 Å². The van der Waals surface area contributed by atoms with E-state index in [9.17, 15) is 4.79 Å². The summed E-state index contributed by atoms with van der Waals surface area (Å²) in [5.41, 5.74) is 6.74. The standard InChI is InChI=1S/C31H24Cl2N4O3/c32-25-13-16-29(28(33)17-25)40-21-30(38)35-34-18-24-19-37(26-9-5-2-6-10-26)36-31(24)23-11-14-27(15-12-23)39-20-22-7-3-1-4-8-22/h1-19H,20-21H2,(H,35,38). The number of hydrazone groups is 1. The highest BCUT2D eigenvalue weighted by Gasteiger charge is 2.12. The fraction of sp³-hybridized carbons (Fsp3) is 0.0645. The predicted molar refractivity (Wildman–Crippen MR) is 157 cm³/mol. The Bertz CT molecular complexity index is 1610. The first kappa shape index (κ1) is 27.0. The van der Waals surface area contributed by atoms with Gasteiger partial charge in [-0.15, -0.1) is 0 Å². The van der Waals surface area contributed by atoms with Crippen LogP contribution < -0.4 is 14.9 Å². The molecule has 0 fully saturated rings. The number of amides is 1. The highest BCUT2D eigenvalue weighted by atomic mass is 35.5. The molecule has 7 nitrogen and oxygen atoms in total. The first-order valence-corrected chi connectivity index (χ1v) is 13.1. The monoisotopic (exact) mass is 570 g/mol. The second-order valence-electron chi connectivity index (χ2n) is 8.67. The second-order valence-corrected chi connectivity index (χ2v) is 9.51. The third kappa shape index (κ3) is 7.08. The summed E-state index contributed by atoms with van der Waals surface area (Å²) >= 11 is 12.0. The van der Waals surface area contributed by atoms with Crippen LogP contribution in [0.3, 0.4) is 0 Å². The van der Waals surface area contributed by atoms with Crippen molar-refractivity contribution in [2.75, 3.05) is 6.61 Å². The minimum atomic E-state index is -0.445. The van der Waals surface area contributed by atoms with Gasteiger partial charge >= 0.3 is 0 Å². The molecule has 0 unspecified atom stereocenters. The van der Waals surface area contributed by atoms with Crippen molar-refractivity contribution in [1.29, 1.82) is 0 Å². The quantitative estimate of drug-likeness (QED) is 0.145. The maximum Gasteiger partial charge on any atom is 0.277 e. The van der Waals surface area contributed by atoms with E-state index in [1.807, 2.05) is 91.1 Å². The molecule has 40 heavy (non-hydrogen) atoms. The molecule has 0 aliphatic rings. The van der Waals surface area contributed by atoms with Crippen LogP contribution in [0.25, 0.3) is 16.9 Å². The van der Waals surface area contributed by atoms with E-state index in [0.717, 1.165) is 22.6 Å². The molecule has 0 aliphatic carbocycles. The fourth-order valence-electron chi connectivity index (χ4n) is 3.81. The number of rotatable bonds is 10. The predicted octanol–water partition coefficient (Wildman–Crippen LogP) is 6.95. The second kappa shape index (κ2) is 13.0. The van der Waals surface area contributed by atoms with E-state index >= 15 is 0 Å². The van der Waals surface area contributed by atoms with Gasteiger partial charge in [0.1, 0.15) is 23.8 Å². The Morgan fingerprint density at radius 3 is 2.35 bits per heavy atom. The highest BCUT2D eigenvalue weighted by molar-refractivity contribution is 6.35. The lowest BCUT2D eigenvalue weighted by Gasteiger charge is -2.07. The third-order valence-corrected chi connectivity index (χ3v) is 6.32. The SMILES string of the molecule is O=C(COc1ccc(Cl)cc1Cl)NN=Cc1cn(-c2ccccc2)nc1-c1ccc(OCc2ccccc2)cc1. The van der Waals surface area contributed by atoms with Crippen LogP contribution >= 0.6 is 23.2 Å². The normalized spacial score (nSPS) is 10.9. The molecule has 9 heteroatoms. The Labute approximate surface area is 241 Å².